The van der Waals surface area contributed by atoms with Gasteiger partial charge < -0.3 is 10.2 Å². The Bertz CT molecular complexity index is 384. The molecule has 0 bridgehead atoms. The summed E-state index contributed by atoms with van der Waals surface area (Å²) in [6.07, 6.45) is -4.25. The predicted molar refractivity (Wildman–Crippen MR) is 54.0 cm³/mol. The molecule has 1 rings (SSSR count). The number of hydrogen-bond acceptors (Lipinski definition) is 2. The number of aliphatic hydroxyl groups is 1. The van der Waals surface area contributed by atoms with Crippen LogP contribution in [0.4, 0.5) is 4.39 Å². The lowest BCUT2D eigenvalue weighted by Gasteiger charge is -2.14. The number of halogens is 3. The Kier molecular flexibility index (Phi) is 3.90. The quantitative estimate of drug-likeness (QED) is 0.869. The number of carboxylic acids is 1. The maximum absolute atomic E-state index is 13.0. The van der Waals surface area contributed by atoms with Gasteiger partial charge in [0.25, 0.3) is 0 Å². The Balaban J connectivity index is 3.06. The fourth-order valence-corrected chi connectivity index (χ4v) is 1.46. The second-order valence-corrected chi connectivity index (χ2v) is 3.61. The monoisotopic (exact) mass is 252 g/mol. The van der Waals surface area contributed by atoms with E-state index in [1.165, 1.54) is 18.2 Å². The lowest BCUT2D eigenvalue weighted by Crippen LogP contribution is -2.23. The molecule has 3 nitrogen and oxygen atoms in total. The third-order valence-corrected chi connectivity index (χ3v) is 2.65. The van der Waals surface area contributed by atoms with Crippen LogP contribution in [0.5, 0.6) is 0 Å². The number of rotatable bonds is 3. The average molecular weight is 253 g/mol. The number of aliphatic hydroxyl groups excluding tert-OH is 1. The molecule has 2 atom stereocenters. The lowest BCUT2D eigenvalue weighted by molar-refractivity contribution is -0.147. The number of carboxylic acid groups (broad SMARTS) is 1. The molecule has 0 radical (unpaired) electrons. The molecule has 0 aliphatic carbocycles. The molecular formula is C9H7Cl2FO3. The van der Waals surface area contributed by atoms with Crippen molar-refractivity contribution < 1.29 is 19.4 Å². The van der Waals surface area contributed by atoms with Gasteiger partial charge in [0.15, 0.2) is 0 Å². The second kappa shape index (κ2) is 4.79. The first-order chi connectivity index (χ1) is 6.95. The first kappa shape index (κ1) is 12.2. The van der Waals surface area contributed by atoms with E-state index in [2.05, 4.69) is 0 Å². The maximum Gasteiger partial charge on any atom is 0.341 e. The lowest BCUT2D eigenvalue weighted by atomic mass is 10.1. The molecule has 2 N–H and O–H groups in total. The van der Waals surface area contributed by atoms with Gasteiger partial charge in [-0.1, -0.05) is 35.3 Å². The number of alkyl halides is 1. The number of carbonyl (C=O) groups is 1. The molecule has 1 aromatic rings. The summed E-state index contributed by atoms with van der Waals surface area (Å²) in [6.45, 7) is 0. The van der Waals surface area contributed by atoms with Crippen LogP contribution in [0.3, 0.4) is 0 Å². The van der Waals surface area contributed by atoms with E-state index in [1.807, 2.05) is 0 Å². The van der Waals surface area contributed by atoms with Crippen molar-refractivity contribution in [2.45, 2.75) is 12.3 Å². The fraction of sp³-hybridized carbons (Fsp3) is 0.222. The van der Waals surface area contributed by atoms with Crippen LogP contribution in [0, 0.1) is 0 Å². The molecule has 0 aliphatic rings. The van der Waals surface area contributed by atoms with E-state index in [4.69, 9.17) is 28.3 Å². The highest BCUT2D eigenvalue weighted by molar-refractivity contribution is 6.42. The standard InChI is InChI=1S/C9H7Cl2FO3/c10-5-3-1-2-4(6(5)11)8(13)7(12)9(14)15/h1-3,7-8,13H,(H,14,15). The van der Waals surface area contributed by atoms with Gasteiger partial charge in [-0.3, -0.25) is 0 Å². The molecule has 0 spiro atoms. The van der Waals surface area contributed by atoms with Crippen LogP contribution < -0.4 is 0 Å². The molecule has 15 heavy (non-hydrogen) atoms. The minimum Gasteiger partial charge on any atom is -0.479 e. The van der Waals surface area contributed by atoms with Crippen LogP contribution in [-0.2, 0) is 4.79 Å². The minimum absolute atomic E-state index is 0.0425. The largest absolute Gasteiger partial charge is 0.479 e. The molecule has 82 valence electrons. The Morgan fingerprint density at radius 2 is 2.00 bits per heavy atom. The highest BCUT2D eigenvalue weighted by Gasteiger charge is 2.29. The van der Waals surface area contributed by atoms with Gasteiger partial charge in [-0.2, -0.15) is 0 Å². The molecule has 0 saturated carbocycles. The van der Waals surface area contributed by atoms with Crippen molar-refractivity contribution in [2.75, 3.05) is 0 Å². The summed E-state index contributed by atoms with van der Waals surface area (Å²) in [5.41, 5.74) is -0.0425. The number of hydrogen-bond donors (Lipinski definition) is 2. The second-order valence-electron chi connectivity index (χ2n) is 2.83. The van der Waals surface area contributed by atoms with Gasteiger partial charge in [0.2, 0.25) is 6.17 Å². The van der Waals surface area contributed by atoms with Crippen LogP contribution in [0.15, 0.2) is 18.2 Å². The third kappa shape index (κ3) is 2.59. The maximum atomic E-state index is 13.0. The summed E-state index contributed by atoms with van der Waals surface area (Å²) in [5, 5.41) is 17.8. The summed E-state index contributed by atoms with van der Waals surface area (Å²) < 4.78 is 13.0. The van der Waals surface area contributed by atoms with Gasteiger partial charge in [-0.05, 0) is 6.07 Å². The Hall–Kier alpha value is -0.840. The Morgan fingerprint density at radius 3 is 2.53 bits per heavy atom. The van der Waals surface area contributed by atoms with Crippen molar-refractivity contribution in [3.63, 3.8) is 0 Å². The number of aliphatic carboxylic acids is 1. The van der Waals surface area contributed by atoms with E-state index in [0.29, 0.717) is 0 Å². The van der Waals surface area contributed by atoms with Crippen molar-refractivity contribution in [2.24, 2.45) is 0 Å². The number of benzene rings is 1. The van der Waals surface area contributed by atoms with Crippen molar-refractivity contribution in [1.82, 2.24) is 0 Å². The molecule has 0 aromatic heterocycles. The van der Waals surface area contributed by atoms with E-state index in [0.717, 1.165) is 0 Å². The summed E-state index contributed by atoms with van der Waals surface area (Å²) in [6, 6.07) is 4.21. The summed E-state index contributed by atoms with van der Waals surface area (Å²) in [4.78, 5) is 10.3. The molecule has 0 fully saturated rings. The molecule has 2 unspecified atom stereocenters. The van der Waals surface area contributed by atoms with Crippen LogP contribution >= 0.6 is 23.2 Å². The van der Waals surface area contributed by atoms with Crippen molar-refractivity contribution in [1.29, 1.82) is 0 Å². The van der Waals surface area contributed by atoms with E-state index in [1.54, 1.807) is 0 Å². The highest BCUT2D eigenvalue weighted by Crippen LogP contribution is 2.32. The smallest absolute Gasteiger partial charge is 0.341 e. The zero-order valence-electron chi connectivity index (χ0n) is 7.32. The van der Waals surface area contributed by atoms with E-state index < -0.39 is 18.2 Å². The molecule has 0 saturated heterocycles. The average Bonchev–Trinajstić information content (AvgIpc) is 2.20. The van der Waals surface area contributed by atoms with Gasteiger partial charge in [0, 0.05) is 5.56 Å². The van der Waals surface area contributed by atoms with Gasteiger partial charge in [-0.15, -0.1) is 0 Å². The fourth-order valence-electron chi connectivity index (χ4n) is 1.04. The molecule has 1 aromatic carbocycles. The normalized spacial score (nSPS) is 14.7. The van der Waals surface area contributed by atoms with Crippen LogP contribution in [0.25, 0.3) is 0 Å². The van der Waals surface area contributed by atoms with Crippen LogP contribution in [-0.4, -0.2) is 22.4 Å². The first-order valence-electron chi connectivity index (χ1n) is 3.94. The van der Waals surface area contributed by atoms with Crippen LogP contribution in [0.1, 0.15) is 11.7 Å². The Morgan fingerprint density at radius 1 is 1.40 bits per heavy atom. The molecule has 0 amide bonds. The van der Waals surface area contributed by atoms with E-state index >= 15 is 0 Å². The van der Waals surface area contributed by atoms with Crippen LogP contribution in [0.2, 0.25) is 10.0 Å². The third-order valence-electron chi connectivity index (χ3n) is 1.81. The highest BCUT2D eigenvalue weighted by atomic mass is 35.5. The summed E-state index contributed by atoms with van der Waals surface area (Å²) in [5.74, 6) is -1.75. The summed E-state index contributed by atoms with van der Waals surface area (Å²) >= 11 is 11.3. The summed E-state index contributed by atoms with van der Waals surface area (Å²) in [7, 11) is 0. The van der Waals surface area contributed by atoms with Crippen molar-refractivity contribution >= 4 is 29.2 Å². The van der Waals surface area contributed by atoms with Gasteiger partial charge in [-0.25, -0.2) is 9.18 Å². The zero-order chi connectivity index (χ0) is 11.6. The van der Waals surface area contributed by atoms with Gasteiger partial charge in [0.1, 0.15) is 6.10 Å². The zero-order valence-corrected chi connectivity index (χ0v) is 8.84. The molecule has 6 heteroatoms. The Labute approximate surface area is 95.0 Å². The molecular weight excluding hydrogens is 246 g/mol. The topological polar surface area (TPSA) is 57.5 Å². The molecule has 0 heterocycles. The molecule has 0 aliphatic heterocycles. The predicted octanol–water partition coefficient (Wildman–Crippen LogP) is 2.45. The van der Waals surface area contributed by atoms with Gasteiger partial charge >= 0.3 is 5.97 Å². The first-order valence-corrected chi connectivity index (χ1v) is 4.69. The van der Waals surface area contributed by atoms with E-state index in [9.17, 15) is 14.3 Å². The minimum atomic E-state index is -2.43. The SMILES string of the molecule is O=C(O)C(F)C(O)c1cccc(Cl)c1Cl. The van der Waals surface area contributed by atoms with E-state index in [-0.39, 0.29) is 15.6 Å². The van der Waals surface area contributed by atoms with Gasteiger partial charge in [0.05, 0.1) is 10.0 Å². The van der Waals surface area contributed by atoms with Crippen molar-refractivity contribution in [3.8, 4) is 0 Å². The van der Waals surface area contributed by atoms with Crippen molar-refractivity contribution in [3.05, 3.63) is 33.8 Å².